The average molecular weight is 271 g/mol. The maximum Gasteiger partial charge on any atom is 0.156 e. The van der Waals surface area contributed by atoms with Crippen LogP contribution in [0, 0.1) is 5.92 Å². The second-order valence-corrected chi connectivity index (χ2v) is 5.52. The fraction of sp³-hybridized carbons (Fsp3) is 0.364. The van der Waals surface area contributed by atoms with E-state index in [1.807, 2.05) is 11.4 Å². The molecule has 0 bridgehead atoms. The molecule has 0 spiro atoms. The molecule has 1 aliphatic carbocycles. The van der Waals surface area contributed by atoms with Crippen LogP contribution in [0.2, 0.25) is 0 Å². The quantitative estimate of drug-likeness (QED) is 0.757. The zero-order chi connectivity index (χ0) is 10.1. The normalized spacial score (nSPS) is 22.3. The van der Waals surface area contributed by atoms with E-state index in [9.17, 15) is 4.79 Å². The molecule has 0 radical (unpaired) electrons. The van der Waals surface area contributed by atoms with E-state index in [-0.39, 0.29) is 5.78 Å². The van der Waals surface area contributed by atoms with Gasteiger partial charge < -0.3 is 0 Å². The molecule has 1 nitrogen and oxygen atoms in total. The summed E-state index contributed by atoms with van der Waals surface area (Å²) in [6.45, 7) is 2.13. The van der Waals surface area contributed by atoms with Crippen molar-refractivity contribution in [2.24, 2.45) is 5.92 Å². The molecule has 0 amide bonds. The molecule has 0 fully saturated rings. The van der Waals surface area contributed by atoms with Crippen molar-refractivity contribution in [1.82, 2.24) is 0 Å². The molecule has 14 heavy (non-hydrogen) atoms. The first-order valence-corrected chi connectivity index (χ1v) is 6.31. The van der Waals surface area contributed by atoms with E-state index in [0.29, 0.717) is 12.3 Å². The summed E-state index contributed by atoms with van der Waals surface area (Å²) < 4.78 is 1.11. The van der Waals surface area contributed by atoms with Crippen LogP contribution in [0.25, 0.3) is 5.57 Å². The lowest BCUT2D eigenvalue weighted by atomic mass is 9.89. The lowest BCUT2D eigenvalue weighted by Crippen LogP contribution is -2.10. The summed E-state index contributed by atoms with van der Waals surface area (Å²) in [4.78, 5) is 12.6. The van der Waals surface area contributed by atoms with Crippen molar-refractivity contribution in [2.45, 2.75) is 19.8 Å². The van der Waals surface area contributed by atoms with Gasteiger partial charge >= 0.3 is 0 Å². The molecule has 1 aliphatic rings. The van der Waals surface area contributed by atoms with E-state index in [1.54, 1.807) is 17.4 Å². The van der Waals surface area contributed by atoms with Gasteiger partial charge in [-0.1, -0.05) is 6.92 Å². The molecule has 1 unspecified atom stereocenters. The predicted molar refractivity (Wildman–Crippen MR) is 63.4 cm³/mol. The van der Waals surface area contributed by atoms with Crippen molar-refractivity contribution in [2.75, 3.05) is 0 Å². The highest BCUT2D eigenvalue weighted by molar-refractivity contribution is 9.10. The number of hydrogen-bond donors (Lipinski definition) is 0. The zero-order valence-corrected chi connectivity index (χ0v) is 10.3. The molecular formula is C11H11BrOS. The van der Waals surface area contributed by atoms with Crippen molar-refractivity contribution in [3.8, 4) is 0 Å². The van der Waals surface area contributed by atoms with Crippen LogP contribution in [0.3, 0.4) is 0 Å². The Balaban J connectivity index is 2.35. The number of carbonyl (C=O) groups excluding carboxylic acids is 1. The molecule has 1 aromatic rings. The first-order valence-electron chi connectivity index (χ1n) is 4.63. The molecule has 0 saturated heterocycles. The fourth-order valence-electron chi connectivity index (χ4n) is 1.78. The summed E-state index contributed by atoms with van der Waals surface area (Å²) in [7, 11) is 0. The molecule has 2 rings (SSSR count). The minimum Gasteiger partial charge on any atom is -0.295 e. The average Bonchev–Trinajstić information content (AvgIpc) is 2.49. The number of hydrogen-bond acceptors (Lipinski definition) is 2. The van der Waals surface area contributed by atoms with Crippen LogP contribution in [-0.4, -0.2) is 5.78 Å². The second-order valence-electron chi connectivity index (χ2n) is 3.75. The van der Waals surface area contributed by atoms with E-state index < -0.39 is 0 Å². The van der Waals surface area contributed by atoms with Gasteiger partial charge in [-0.25, -0.2) is 0 Å². The van der Waals surface area contributed by atoms with Crippen LogP contribution in [0.4, 0.5) is 0 Å². The van der Waals surface area contributed by atoms with Gasteiger partial charge in [0.2, 0.25) is 0 Å². The Morgan fingerprint density at radius 3 is 2.86 bits per heavy atom. The molecule has 1 atom stereocenters. The standard InChI is InChI=1S/C11H11BrOS/c1-7-4-8(6-9(13)5-7)11-10(12)2-3-14-11/h2-3,6-7H,4-5H2,1H3. The van der Waals surface area contributed by atoms with Crippen molar-refractivity contribution in [3.63, 3.8) is 0 Å². The first kappa shape index (κ1) is 10.1. The lowest BCUT2D eigenvalue weighted by molar-refractivity contribution is -0.115. The van der Waals surface area contributed by atoms with Gasteiger partial charge in [-0.2, -0.15) is 0 Å². The third-order valence-corrected chi connectivity index (χ3v) is 4.28. The van der Waals surface area contributed by atoms with Gasteiger partial charge in [-0.15, -0.1) is 11.3 Å². The van der Waals surface area contributed by atoms with Crippen molar-refractivity contribution >= 4 is 38.6 Å². The van der Waals surface area contributed by atoms with E-state index in [2.05, 4.69) is 22.9 Å². The highest BCUT2D eigenvalue weighted by Gasteiger charge is 2.19. The zero-order valence-electron chi connectivity index (χ0n) is 7.92. The van der Waals surface area contributed by atoms with Gasteiger partial charge in [0.1, 0.15) is 0 Å². The Labute approximate surface area is 96.0 Å². The van der Waals surface area contributed by atoms with Gasteiger partial charge in [0.25, 0.3) is 0 Å². The Morgan fingerprint density at radius 2 is 2.29 bits per heavy atom. The third-order valence-electron chi connectivity index (χ3n) is 2.36. The van der Waals surface area contributed by atoms with Gasteiger partial charge in [0.15, 0.2) is 5.78 Å². The van der Waals surface area contributed by atoms with Crippen molar-refractivity contribution < 1.29 is 4.79 Å². The maximum atomic E-state index is 11.4. The number of rotatable bonds is 1. The smallest absolute Gasteiger partial charge is 0.156 e. The topological polar surface area (TPSA) is 17.1 Å². The van der Waals surface area contributed by atoms with Crippen LogP contribution in [0.15, 0.2) is 22.0 Å². The van der Waals surface area contributed by atoms with Gasteiger partial charge in [0, 0.05) is 15.8 Å². The number of carbonyl (C=O) groups is 1. The van der Waals surface area contributed by atoms with E-state index in [0.717, 1.165) is 10.9 Å². The van der Waals surface area contributed by atoms with Crippen LogP contribution < -0.4 is 0 Å². The van der Waals surface area contributed by atoms with Crippen molar-refractivity contribution in [3.05, 3.63) is 26.9 Å². The molecule has 1 aromatic heterocycles. The van der Waals surface area contributed by atoms with Crippen LogP contribution >= 0.6 is 27.3 Å². The summed E-state index contributed by atoms with van der Waals surface area (Å²) in [6.07, 6.45) is 3.52. The number of thiophene rings is 1. The molecule has 3 heteroatoms. The SMILES string of the molecule is CC1CC(=O)C=C(c2sccc2Br)C1. The van der Waals surface area contributed by atoms with E-state index in [1.165, 1.54) is 10.5 Å². The Morgan fingerprint density at radius 1 is 1.50 bits per heavy atom. The molecule has 0 aromatic carbocycles. The monoisotopic (exact) mass is 270 g/mol. The molecular weight excluding hydrogens is 260 g/mol. The Kier molecular flexibility index (Phi) is 2.88. The Hall–Kier alpha value is -0.410. The van der Waals surface area contributed by atoms with Gasteiger partial charge in [-0.05, 0) is 51.4 Å². The Bertz CT molecular complexity index is 392. The largest absolute Gasteiger partial charge is 0.295 e. The number of halogens is 1. The van der Waals surface area contributed by atoms with E-state index in [4.69, 9.17) is 0 Å². The molecule has 74 valence electrons. The minimum absolute atomic E-state index is 0.263. The summed E-state index contributed by atoms with van der Waals surface area (Å²) in [5, 5.41) is 2.05. The van der Waals surface area contributed by atoms with Crippen LogP contribution in [-0.2, 0) is 4.79 Å². The van der Waals surface area contributed by atoms with Crippen LogP contribution in [0.1, 0.15) is 24.6 Å². The molecule has 0 saturated carbocycles. The fourth-order valence-corrected chi connectivity index (χ4v) is 3.44. The second kappa shape index (κ2) is 3.99. The first-order chi connectivity index (χ1) is 6.66. The van der Waals surface area contributed by atoms with E-state index >= 15 is 0 Å². The predicted octanol–water partition coefficient (Wildman–Crippen LogP) is 3.89. The van der Waals surface area contributed by atoms with Gasteiger partial charge in [0.05, 0.1) is 0 Å². The van der Waals surface area contributed by atoms with Crippen LogP contribution in [0.5, 0.6) is 0 Å². The third kappa shape index (κ3) is 1.98. The molecule has 1 heterocycles. The summed E-state index contributed by atoms with van der Waals surface area (Å²) >= 11 is 5.19. The highest BCUT2D eigenvalue weighted by Crippen LogP contribution is 2.36. The minimum atomic E-state index is 0.263. The lowest BCUT2D eigenvalue weighted by Gasteiger charge is -2.17. The van der Waals surface area contributed by atoms with Crippen molar-refractivity contribution in [1.29, 1.82) is 0 Å². The summed E-state index contributed by atoms with van der Waals surface area (Å²) in [5.41, 5.74) is 1.19. The maximum absolute atomic E-state index is 11.4. The number of allylic oxidation sites excluding steroid dienone is 2. The van der Waals surface area contributed by atoms with Gasteiger partial charge in [-0.3, -0.25) is 4.79 Å². The molecule has 0 aliphatic heterocycles. The highest BCUT2D eigenvalue weighted by atomic mass is 79.9. The summed E-state index contributed by atoms with van der Waals surface area (Å²) in [6, 6.07) is 2.03. The number of ketones is 1. The molecule has 0 N–H and O–H groups in total. The summed E-state index contributed by atoms with van der Waals surface area (Å²) in [5.74, 6) is 0.746.